The number of hydrogen-bond donors (Lipinski definition) is 0. The third-order valence-corrected chi connectivity index (χ3v) is 5.04. The molecule has 21 heavy (non-hydrogen) atoms. The minimum Gasteiger partial charge on any atom is -0.489 e. The normalized spacial score (nSPS) is 28.2. The van der Waals surface area contributed by atoms with E-state index in [-0.39, 0.29) is 17.7 Å². The van der Waals surface area contributed by atoms with Gasteiger partial charge in [0.05, 0.1) is 0 Å². The van der Waals surface area contributed by atoms with Crippen molar-refractivity contribution < 1.29 is 14.3 Å². The molecule has 0 N–H and O–H groups in total. The molecule has 1 aromatic rings. The maximum absolute atomic E-state index is 12.4. The Morgan fingerprint density at radius 3 is 2.52 bits per heavy atom. The van der Waals surface area contributed by atoms with E-state index in [1.54, 1.807) is 12.1 Å². The standard InChI is InChI=1S/C18H18O3/c19-16-12-6-2-3-7-13(12)18-14(17(16)20)10-9-11-5-1-4-8-15(11)21-18/h2-3,6-7,11,15H,1,4-5,8-10H2. The molecule has 2 aliphatic carbocycles. The molecule has 4 rings (SSSR count). The van der Waals surface area contributed by atoms with Gasteiger partial charge in [0.25, 0.3) is 0 Å². The molecule has 0 spiro atoms. The lowest BCUT2D eigenvalue weighted by atomic mass is 9.82. The van der Waals surface area contributed by atoms with Crippen molar-refractivity contribution in [2.45, 2.75) is 44.6 Å². The van der Waals surface area contributed by atoms with Crippen LogP contribution < -0.4 is 0 Å². The zero-order chi connectivity index (χ0) is 14.4. The number of Topliss-reactive ketones (excluding diaryl/α,β-unsaturated/α-hetero) is 2. The molecule has 1 aromatic carbocycles. The Kier molecular flexibility index (Phi) is 2.95. The number of ether oxygens (including phenoxy) is 1. The number of carbonyl (C=O) groups is 2. The Morgan fingerprint density at radius 1 is 0.905 bits per heavy atom. The van der Waals surface area contributed by atoms with Gasteiger partial charge in [0.1, 0.15) is 11.9 Å². The van der Waals surface area contributed by atoms with E-state index >= 15 is 0 Å². The van der Waals surface area contributed by atoms with Crippen LogP contribution in [0.25, 0.3) is 5.76 Å². The Labute approximate surface area is 124 Å². The second kappa shape index (κ2) is 4.83. The highest BCUT2D eigenvalue weighted by Crippen LogP contribution is 2.42. The number of ketones is 2. The lowest BCUT2D eigenvalue weighted by molar-refractivity contribution is -0.112. The van der Waals surface area contributed by atoms with Gasteiger partial charge in [-0.15, -0.1) is 0 Å². The van der Waals surface area contributed by atoms with Gasteiger partial charge in [-0.2, -0.15) is 0 Å². The molecule has 0 bridgehead atoms. The van der Waals surface area contributed by atoms with E-state index in [9.17, 15) is 9.59 Å². The van der Waals surface area contributed by atoms with Crippen LogP contribution in [0.1, 0.15) is 54.4 Å². The van der Waals surface area contributed by atoms with Crippen molar-refractivity contribution in [3.8, 4) is 0 Å². The summed E-state index contributed by atoms with van der Waals surface area (Å²) in [4.78, 5) is 24.7. The van der Waals surface area contributed by atoms with Crippen molar-refractivity contribution in [1.82, 2.24) is 0 Å². The van der Waals surface area contributed by atoms with Crippen molar-refractivity contribution in [3.05, 3.63) is 41.0 Å². The van der Waals surface area contributed by atoms with Gasteiger partial charge in [0.2, 0.25) is 11.6 Å². The second-order valence-corrected chi connectivity index (χ2v) is 6.25. The van der Waals surface area contributed by atoms with Gasteiger partial charge >= 0.3 is 0 Å². The fourth-order valence-electron chi connectivity index (χ4n) is 3.91. The Morgan fingerprint density at radius 2 is 1.67 bits per heavy atom. The molecule has 0 aromatic heterocycles. The highest BCUT2D eigenvalue weighted by molar-refractivity contribution is 6.52. The quantitative estimate of drug-likeness (QED) is 0.684. The van der Waals surface area contributed by atoms with Crippen molar-refractivity contribution >= 4 is 17.3 Å². The molecular weight excluding hydrogens is 264 g/mol. The molecule has 2 atom stereocenters. The predicted molar refractivity (Wildman–Crippen MR) is 78.8 cm³/mol. The maximum Gasteiger partial charge on any atom is 0.234 e. The molecule has 2 unspecified atom stereocenters. The third kappa shape index (κ3) is 1.95. The summed E-state index contributed by atoms with van der Waals surface area (Å²) in [6.45, 7) is 0. The molecule has 1 saturated carbocycles. The summed E-state index contributed by atoms with van der Waals surface area (Å²) in [7, 11) is 0. The van der Waals surface area contributed by atoms with E-state index in [1.807, 2.05) is 12.1 Å². The summed E-state index contributed by atoms with van der Waals surface area (Å²) < 4.78 is 6.27. The molecule has 0 amide bonds. The lowest BCUT2D eigenvalue weighted by Crippen LogP contribution is -2.27. The van der Waals surface area contributed by atoms with Gasteiger partial charge in [-0.1, -0.05) is 30.7 Å². The fraction of sp³-hybridized carbons (Fsp3) is 0.444. The monoisotopic (exact) mass is 282 g/mol. The number of carbonyl (C=O) groups excluding carboxylic acids is 2. The van der Waals surface area contributed by atoms with Crippen LogP contribution in [0.2, 0.25) is 0 Å². The van der Waals surface area contributed by atoms with Crippen LogP contribution in [0, 0.1) is 5.92 Å². The summed E-state index contributed by atoms with van der Waals surface area (Å²) in [6, 6.07) is 7.33. The SMILES string of the molecule is O=C1C(=O)c2ccccc2C2=C1CCC1CCCCC1O2. The number of benzene rings is 1. The number of rotatable bonds is 0. The summed E-state index contributed by atoms with van der Waals surface area (Å²) in [5.41, 5.74) is 1.91. The first kappa shape index (κ1) is 12.8. The Balaban J connectivity index is 1.82. The first-order valence-electron chi connectivity index (χ1n) is 7.84. The fourth-order valence-corrected chi connectivity index (χ4v) is 3.91. The van der Waals surface area contributed by atoms with Crippen LogP contribution in [0.3, 0.4) is 0 Å². The summed E-state index contributed by atoms with van der Waals surface area (Å²) in [6.07, 6.45) is 6.53. The molecule has 3 aliphatic rings. The van der Waals surface area contributed by atoms with E-state index in [4.69, 9.17) is 4.74 Å². The molecule has 108 valence electrons. The van der Waals surface area contributed by atoms with Crippen molar-refractivity contribution in [2.24, 2.45) is 5.92 Å². The van der Waals surface area contributed by atoms with E-state index in [0.717, 1.165) is 18.4 Å². The highest BCUT2D eigenvalue weighted by Gasteiger charge is 2.39. The summed E-state index contributed by atoms with van der Waals surface area (Å²) in [5.74, 6) is 0.476. The lowest BCUT2D eigenvalue weighted by Gasteiger charge is -2.31. The van der Waals surface area contributed by atoms with E-state index < -0.39 is 0 Å². The van der Waals surface area contributed by atoms with Crippen LogP contribution in [0.5, 0.6) is 0 Å². The van der Waals surface area contributed by atoms with Gasteiger partial charge in [-0.25, -0.2) is 0 Å². The number of allylic oxidation sites excluding steroid dienone is 1. The summed E-state index contributed by atoms with van der Waals surface area (Å²) >= 11 is 0. The highest BCUT2D eigenvalue weighted by atomic mass is 16.5. The van der Waals surface area contributed by atoms with Gasteiger partial charge in [0.15, 0.2) is 0 Å². The number of fused-ring (bicyclic) bond motifs is 3. The van der Waals surface area contributed by atoms with Crippen molar-refractivity contribution in [2.75, 3.05) is 0 Å². The van der Waals surface area contributed by atoms with Crippen LogP contribution in [0.15, 0.2) is 29.8 Å². The second-order valence-electron chi connectivity index (χ2n) is 6.25. The van der Waals surface area contributed by atoms with Crippen LogP contribution in [0.4, 0.5) is 0 Å². The minimum atomic E-state index is -0.377. The van der Waals surface area contributed by atoms with Crippen LogP contribution >= 0.6 is 0 Å². The zero-order valence-corrected chi connectivity index (χ0v) is 11.9. The average Bonchev–Trinajstić information content (AvgIpc) is 2.72. The van der Waals surface area contributed by atoms with E-state index in [2.05, 4.69) is 0 Å². The number of hydrogen-bond acceptors (Lipinski definition) is 3. The molecule has 1 aliphatic heterocycles. The van der Waals surface area contributed by atoms with Gasteiger partial charge < -0.3 is 4.74 Å². The summed E-state index contributed by atoms with van der Waals surface area (Å²) in [5, 5.41) is 0. The van der Waals surface area contributed by atoms with Crippen molar-refractivity contribution in [3.63, 3.8) is 0 Å². The zero-order valence-electron chi connectivity index (χ0n) is 11.9. The van der Waals surface area contributed by atoms with Crippen LogP contribution in [-0.2, 0) is 9.53 Å². The minimum absolute atomic E-state index is 0.209. The molecule has 0 radical (unpaired) electrons. The molecule has 1 heterocycles. The predicted octanol–water partition coefficient (Wildman–Crippen LogP) is 3.53. The molecule has 3 heteroatoms. The van der Waals surface area contributed by atoms with E-state index in [1.165, 1.54) is 19.3 Å². The topological polar surface area (TPSA) is 43.4 Å². The first-order valence-corrected chi connectivity index (χ1v) is 7.84. The van der Waals surface area contributed by atoms with E-state index in [0.29, 0.717) is 29.2 Å². The molecule has 1 fully saturated rings. The first-order chi connectivity index (χ1) is 10.3. The third-order valence-electron chi connectivity index (χ3n) is 5.04. The smallest absolute Gasteiger partial charge is 0.234 e. The van der Waals surface area contributed by atoms with Gasteiger partial charge in [-0.3, -0.25) is 9.59 Å². The molecule has 0 saturated heterocycles. The largest absolute Gasteiger partial charge is 0.489 e. The maximum atomic E-state index is 12.4. The molecular formula is C18H18O3. The van der Waals surface area contributed by atoms with Gasteiger partial charge in [0, 0.05) is 16.7 Å². The Hall–Kier alpha value is -1.90. The van der Waals surface area contributed by atoms with Crippen molar-refractivity contribution in [1.29, 1.82) is 0 Å². The molecule has 3 nitrogen and oxygen atoms in total. The van der Waals surface area contributed by atoms with Crippen LogP contribution in [-0.4, -0.2) is 17.7 Å². The van der Waals surface area contributed by atoms with Gasteiger partial charge in [-0.05, 0) is 38.0 Å². The average molecular weight is 282 g/mol. The Bertz CT molecular complexity index is 656.